The molecular weight excluding hydrogens is 308 g/mol. The normalized spacial score (nSPS) is 15.0. The first-order valence-corrected chi connectivity index (χ1v) is 9.07. The molecule has 122 valence electrons. The van der Waals surface area contributed by atoms with E-state index in [1.54, 1.807) is 0 Å². The minimum absolute atomic E-state index is 0.0915. The van der Waals surface area contributed by atoms with E-state index in [0.29, 0.717) is 11.8 Å². The highest BCUT2D eigenvalue weighted by atomic mass is 32.2. The number of carbonyl (C=O) groups is 1. The number of rotatable bonds is 6. The van der Waals surface area contributed by atoms with Crippen molar-refractivity contribution in [1.82, 2.24) is 20.1 Å². The molecule has 23 heavy (non-hydrogen) atoms. The van der Waals surface area contributed by atoms with Gasteiger partial charge in [-0.1, -0.05) is 54.9 Å². The molecule has 6 heteroatoms. The number of hydrogen-bond acceptors (Lipinski definition) is 4. The van der Waals surface area contributed by atoms with Crippen LogP contribution in [0.15, 0.2) is 35.5 Å². The summed E-state index contributed by atoms with van der Waals surface area (Å²) in [5, 5.41) is 12.3. The molecule has 2 aromatic rings. The average molecular weight is 330 g/mol. The van der Waals surface area contributed by atoms with Crippen molar-refractivity contribution in [2.75, 3.05) is 5.75 Å². The lowest BCUT2D eigenvalue weighted by Crippen LogP contribution is -2.33. The summed E-state index contributed by atoms with van der Waals surface area (Å²) >= 11 is 1.46. The molecule has 0 saturated heterocycles. The highest BCUT2D eigenvalue weighted by molar-refractivity contribution is 7.99. The van der Waals surface area contributed by atoms with Crippen molar-refractivity contribution >= 4 is 17.7 Å². The molecule has 1 aromatic heterocycles. The van der Waals surface area contributed by atoms with Gasteiger partial charge in [0, 0.05) is 6.04 Å². The molecule has 1 aliphatic carbocycles. The summed E-state index contributed by atoms with van der Waals surface area (Å²) in [4.78, 5) is 12.1. The van der Waals surface area contributed by atoms with E-state index in [-0.39, 0.29) is 5.91 Å². The van der Waals surface area contributed by atoms with E-state index < -0.39 is 0 Å². The van der Waals surface area contributed by atoms with Gasteiger partial charge in [-0.3, -0.25) is 4.79 Å². The fourth-order valence-corrected chi connectivity index (χ4v) is 3.68. The molecule has 1 amide bonds. The van der Waals surface area contributed by atoms with Crippen LogP contribution >= 0.6 is 11.8 Å². The fraction of sp³-hybridized carbons (Fsp3) is 0.471. The van der Waals surface area contributed by atoms with Crippen LogP contribution in [0.3, 0.4) is 0 Å². The van der Waals surface area contributed by atoms with E-state index in [2.05, 4.69) is 32.2 Å². The molecule has 3 rings (SSSR count). The molecule has 0 radical (unpaired) electrons. The maximum absolute atomic E-state index is 12.1. The summed E-state index contributed by atoms with van der Waals surface area (Å²) in [6.07, 6.45) is 4.67. The monoisotopic (exact) mass is 330 g/mol. The van der Waals surface area contributed by atoms with Gasteiger partial charge in [0.2, 0.25) is 5.91 Å². The Morgan fingerprint density at radius 3 is 2.74 bits per heavy atom. The van der Waals surface area contributed by atoms with Crippen LogP contribution < -0.4 is 5.32 Å². The second-order valence-electron chi connectivity index (χ2n) is 5.94. The molecule has 0 spiro atoms. The van der Waals surface area contributed by atoms with Gasteiger partial charge in [0.25, 0.3) is 0 Å². The summed E-state index contributed by atoms with van der Waals surface area (Å²) in [5.41, 5.74) is 1.20. The molecule has 1 aromatic carbocycles. The van der Waals surface area contributed by atoms with Crippen LogP contribution in [0.1, 0.15) is 37.1 Å². The number of aromatic nitrogens is 3. The summed E-state index contributed by atoms with van der Waals surface area (Å²) in [7, 11) is 0. The predicted octanol–water partition coefficient (Wildman–Crippen LogP) is 2.79. The zero-order valence-corrected chi connectivity index (χ0v) is 14.2. The standard InChI is InChI=1S/C17H22N4OS/c1-13-19-20-17(21(13)11-14-7-3-2-4-8-14)23-12-16(22)18-15-9-5-6-10-15/h2-4,7-8,15H,5-6,9-12H2,1H3,(H,18,22). The second-order valence-corrected chi connectivity index (χ2v) is 6.88. The first-order chi connectivity index (χ1) is 11.2. The first-order valence-electron chi connectivity index (χ1n) is 8.08. The summed E-state index contributed by atoms with van der Waals surface area (Å²) < 4.78 is 2.06. The van der Waals surface area contributed by atoms with E-state index in [0.717, 1.165) is 30.4 Å². The molecule has 0 unspecified atom stereocenters. The third-order valence-corrected chi connectivity index (χ3v) is 5.10. The minimum Gasteiger partial charge on any atom is -0.353 e. The molecule has 5 nitrogen and oxygen atoms in total. The van der Waals surface area contributed by atoms with Crippen LogP contribution in [0.5, 0.6) is 0 Å². The number of thioether (sulfide) groups is 1. The van der Waals surface area contributed by atoms with Crippen LogP contribution in [0.25, 0.3) is 0 Å². The van der Waals surface area contributed by atoms with Gasteiger partial charge in [0.1, 0.15) is 5.82 Å². The highest BCUT2D eigenvalue weighted by Gasteiger charge is 2.18. The molecule has 1 fully saturated rings. The van der Waals surface area contributed by atoms with Crippen LogP contribution in [0.2, 0.25) is 0 Å². The van der Waals surface area contributed by atoms with Gasteiger partial charge in [-0.15, -0.1) is 10.2 Å². The first kappa shape index (κ1) is 16.1. The molecule has 0 bridgehead atoms. The van der Waals surface area contributed by atoms with Gasteiger partial charge in [0.15, 0.2) is 5.16 Å². The van der Waals surface area contributed by atoms with Gasteiger partial charge in [-0.25, -0.2) is 0 Å². The lowest BCUT2D eigenvalue weighted by Gasteiger charge is -2.12. The topological polar surface area (TPSA) is 59.8 Å². The maximum atomic E-state index is 12.1. The Balaban J connectivity index is 1.58. The van der Waals surface area contributed by atoms with Gasteiger partial charge >= 0.3 is 0 Å². The highest BCUT2D eigenvalue weighted by Crippen LogP contribution is 2.20. The zero-order chi connectivity index (χ0) is 16.1. The van der Waals surface area contributed by atoms with E-state index in [1.807, 2.05) is 25.1 Å². The molecule has 1 heterocycles. The van der Waals surface area contributed by atoms with Crippen molar-refractivity contribution < 1.29 is 4.79 Å². The minimum atomic E-state index is 0.0915. The molecule has 1 N–H and O–H groups in total. The Hall–Kier alpha value is -1.82. The van der Waals surface area contributed by atoms with E-state index in [9.17, 15) is 4.79 Å². The summed E-state index contributed by atoms with van der Waals surface area (Å²) in [6, 6.07) is 10.6. The third-order valence-electron chi connectivity index (χ3n) is 4.14. The summed E-state index contributed by atoms with van der Waals surface area (Å²) in [6.45, 7) is 2.67. The maximum Gasteiger partial charge on any atom is 0.230 e. The Bertz CT molecular complexity index is 650. The van der Waals surface area contributed by atoms with E-state index in [1.165, 1.54) is 30.2 Å². The van der Waals surface area contributed by atoms with Crippen molar-refractivity contribution in [3.05, 3.63) is 41.7 Å². The summed E-state index contributed by atoms with van der Waals surface area (Å²) in [5.74, 6) is 1.35. The van der Waals surface area contributed by atoms with E-state index in [4.69, 9.17) is 0 Å². The zero-order valence-electron chi connectivity index (χ0n) is 13.4. The Morgan fingerprint density at radius 2 is 2.00 bits per heavy atom. The predicted molar refractivity (Wildman–Crippen MR) is 91.4 cm³/mol. The van der Waals surface area contributed by atoms with Gasteiger partial charge in [-0.05, 0) is 25.3 Å². The van der Waals surface area contributed by atoms with Crippen molar-refractivity contribution in [2.45, 2.75) is 50.4 Å². The fourth-order valence-electron chi connectivity index (χ4n) is 2.89. The van der Waals surface area contributed by atoms with Crippen LogP contribution in [0, 0.1) is 6.92 Å². The van der Waals surface area contributed by atoms with Crippen molar-refractivity contribution in [1.29, 1.82) is 0 Å². The number of hydrogen-bond donors (Lipinski definition) is 1. The largest absolute Gasteiger partial charge is 0.353 e. The van der Waals surface area contributed by atoms with E-state index >= 15 is 0 Å². The van der Waals surface area contributed by atoms with Crippen LogP contribution in [-0.2, 0) is 11.3 Å². The molecule has 0 aliphatic heterocycles. The van der Waals surface area contributed by atoms with Crippen LogP contribution in [-0.4, -0.2) is 32.5 Å². The second kappa shape index (κ2) is 7.64. The SMILES string of the molecule is Cc1nnc(SCC(=O)NC2CCCC2)n1Cc1ccccc1. The number of nitrogens with zero attached hydrogens (tertiary/aromatic N) is 3. The Morgan fingerprint density at radius 1 is 1.26 bits per heavy atom. The number of aryl methyl sites for hydroxylation is 1. The van der Waals surface area contributed by atoms with Crippen molar-refractivity contribution in [3.8, 4) is 0 Å². The Labute approximate surface area is 140 Å². The van der Waals surface area contributed by atoms with Gasteiger partial charge < -0.3 is 9.88 Å². The van der Waals surface area contributed by atoms with Gasteiger partial charge in [0.05, 0.1) is 12.3 Å². The quantitative estimate of drug-likeness (QED) is 0.828. The molecular formula is C17H22N4OS. The molecule has 1 saturated carbocycles. The molecule has 0 atom stereocenters. The number of benzene rings is 1. The van der Waals surface area contributed by atoms with Gasteiger partial charge in [-0.2, -0.15) is 0 Å². The number of nitrogens with one attached hydrogen (secondary N) is 1. The lowest BCUT2D eigenvalue weighted by molar-refractivity contribution is -0.119. The van der Waals surface area contributed by atoms with Crippen LogP contribution in [0.4, 0.5) is 0 Å². The number of amides is 1. The van der Waals surface area contributed by atoms with Crippen molar-refractivity contribution in [2.24, 2.45) is 0 Å². The van der Waals surface area contributed by atoms with Crippen molar-refractivity contribution in [3.63, 3.8) is 0 Å². The number of carbonyl (C=O) groups excluding carboxylic acids is 1. The smallest absolute Gasteiger partial charge is 0.230 e. The lowest BCUT2D eigenvalue weighted by atomic mass is 10.2. The Kier molecular flexibility index (Phi) is 5.33. The molecule has 1 aliphatic rings. The third kappa shape index (κ3) is 4.34. The average Bonchev–Trinajstić information content (AvgIpc) is 3.18.